The van der Waals surface area contributed by atoms with Crippen LogP contribution in [0.25, 0.3) is 0 Å². The Morgan fingerprint density at radius 2 is 1.55 bits per heavy atom. The molecular formula is C28H23N3O2. The molecule has 1 aromatic carbocycles. The van der Waals surface area contributed by atoms with Crippen LogP contribution >= 0.6 is 0 Å². The number of pyridine rings is 1. The van der Waals surface area contributed by atoms with Crippen molar-refractivity contribution in [3.63, 3.8) is 0 Å². The molecule has 33 heavy (non-hydrogen) atoms. The van der Waals surface area contributed by atoms with Crippen molar-refractivity contribution in [3.8, 4) is 0 Å². The molecule has 162 valence electrons. The number of hydrogen-bond acceptors (Lipinski definition) is 4. The van der Waals surface area contributed by atoms with Gasteiger partial charge in [-0.25, -0.2) is 0 Å². The largest absolute Gasteiger partial charge is 0.446 e. The summed E-state index contributed by atoms with van der Waals surface area (Å²) in [5.74, 6) is 0.269. The van der Waals surface area contributed by atoms with E-state index in [-0.39, 0.29) is 5.91 Å². The summed E-state index contributed by atoms with van der Waals surface area (Å²) in [6.07, 6.45) is 2.79. The molecule has 1 atom stereocenters. The first kappa shape index (κ1) is 26.1. The molecule has 0 bridgehead atoms. The zero-order valence-corrected chi connectivity index (χ0v) is 18.7. The van der Waals surface area contributed by atoms with E-state index in [4.69, 9.17) is 4.74 Å². The topological polar surface area (TPSA) is 54.8 Å². The molecule has 5 heteroatoms. The van der Waals surface area contributed by atoms with E-state index < -0.39 is 6.23 Å². The number of carbonyl (C=O) groups excluding carboxylic acids is 1. The average molecular weight is 434 g/mol. The number of hydrazone groups is 1. The van der Waals surface area contributed by atoms with Gasteiger partial charge >= 0.3 is 0 Å². The number of nitrogens with zero attached hydrogens (tertiary/aromatic N) is 3. The molecule has 0 saturated carbocycles. The molecule has 1 aromatic heterocycles. The Hall–Kier alpha value is -4.97. The normalized spacial score (nSPS) is 12.2. The van der Waals surface area contributed by atoms with Crippen LogP contribution in [0.1, 0.15) is 29.8 Å². The summed E-state index contributed by atoms with van der Waals surface area (Å²) < 4.78 is 5.86. The number of rotatable bonds is 2. The van der Waals surface area contributed by atoms with Crippen molar-refractivity contribution in [3.05, 3.63) is 138 Å². The predicted octanol–water partition coefficient (Wildman–Crippen LogP) is 5.47. The van der Waals surface area contributed by atoms with Crippen molar-refractivity contribution in [2.75, 3.05) is 0 Å². The SMILES string of the molecule is C=C=C.C=C=C=C=C=C=C=C=C.CC(=O)N1N=C(c2ccc(C)cc2)OC1c1cccnc1. The van der Waals surface area contributed by atoms with Gasteiger partial charge in [-0.2, -0.15) is 5.01 Å². The van der Waals surface area contributed by atoms with E-state index in [9.17, 15) is 4.79 Å². The first-order chi connectivity index (χ1) is 16.0. The Morgan fingerprint density at radius 1 is 0.970 bits per heavy atom. The Labute approximate surface area is 194 Å². The highest BCUT2D eigenvalue weighted by Gasteiger charge is 2.33. The lowest BCUT2D eigenvalue weighted by Gasteiger charge is -2.18. The highest BCUT2D eigenvalue weighted by molar-refractivity contribution is 5.96. The van der Waals surface area contributed by atoms with Gasteiger partial charge in [0.1, 0.15) is 0 Å². The van der Waals surface area contributed by atoms with Crippen molar-refractivity contribution in [2.24, 2.45) is 5.10 Å². The molecule has 2 heterocycles. The second kappa shape index (κ2) is 14.9. The van der Waals surface area contributed by atoms with Crippen LogP contribution in [0.5, 0.6) is 0 Å². The summed E-state index contributed by atoms with van der Waals surface area (Å²) in [5, 5.41) is 5.64. The van der Waals surface area contributed by atoms with Crippen LogP contribution in [0.15, 0.2) is 126 Å². The molecule has 0 N–H and O–H groups in total. The molecule has 1 aliphatic rings. The van der Waals surface area contributed by atoms with E-state index in [1.807, 2.05) is 37.3 Å². The number of hydrogen-bond donors (Lipinski definition) is 0. The average Bonchev–Trinajstić information content (AvgIpc) is 3.27. The second-order valence-corrected chi connectivity index (χ2v) is 6.12. The monoisotopic (exact) mass is 433 g/mol. The molecule has 0 radical (unpaired) electrons. The van der Waals surface area contributed by atoms with Crippen LogP contribution in [0.4, 0.5) is 0 Å². The standard InChI is InChI=1S/C16H15N3O2.C9H4.C3H4/c1-11-5-7-13(8-6-11)15-18-19(12(2)20)16(21-15)14-4-3-9-17-10-14;1-3-5-7-9-8-6-4-2;1-3-2/h3-10,16H,1-2H3;1-2H2;1-2H2. The zero-order chi connectivity index (χ0) is 24.5. The molecule has 1 amide bonds. The summed E-state index contributed by atoms with van der Waals surface area (Å²) in [4.78, 5) is 15.8. The van der Waals surface area contributed by atoms with Crippen molar-refractivity contribution in [1.82, 2.24) is 9.99 Å². The molecule has 0 spiro atoms. The third-order valence-electron chi connectivity index (χ3n) is 3.66. The summed E-state index contributed by atoms with van der Waals surface area (Å²) in [5.41, 5.74) is 22.0. The van der Waals surface area contributed by atoms with E-state index in [1.165, 1.54) is 11.9 Å². The third kappa shape index (κ3) is 9.15. The van der Waals surface area contributed by atoms with Gasteiger partial charge in [-0.15, -0.1) is 10.8 Å². The highest BCUT2D eigenvalue weighted by atomic mass is 16.5. The van der Waals surface area contributed by atoms with Gasteiger partial charge in [-0.3, -0.25) is 9.78 Å². The number of carbonyl (C=O) groups is 1. The molecule has 5 nitrogen and oxygen atoms in total. The van der Waals surface area contributed by atoms with Crippen molar-refractivity contribution < 1.29 is 9.53 Å². The smallest absolute Gasteiger partial charge is 0.243 e. The minimum absolute atomic E-state index is 0.175. The van der Waals surface area contributed by atoms with Gasteiger partial charge in [0, 0.05) is 30.4 Å². The maximum atomic E-state index is 11.8. The fraction of sp³-hybridized carbons (Fsp3) is 0.107. The van der Waals surface area contributed by atoms with Gasteiger partial charge in [0.2, 0.25) is 18.0 Å². The Kier molecular flexibility index (Phi) is 11.8. The second-order valence-electron chi connectivity index (χ2n) is 6.12. The number of ether oxygens (including phenoxy) is 1. The Bertz CT molecular complexity index is 1240. The van der Waals surface area contributed by atoms with Gasteiger partial charge < -0.3 is 4.74 Å². The van der Waals surface area contributed by atoms with Gasteiger partial charge in [0.15, 0.2) is 0 Å². The van der Waals surface area contributed by atoms with Crippen LogP contribution in [0.2, 0.25) is 0 Å². The predicted molar refractivity (Wildman–Crippen MR) is 129 cm³/mol. The van der Waals surface area contributed by atoms with Crippen LogP contribution in [0.3, 0.4) is 0 Å². The van der Waals surface area contributed by atoms with Gasteiger partial charge in [0.05, 0.1) is 0 Å². The summed E-state index contributed by atoms with van der Waals surface area (Å²) in [6, 6.07) is 11.5. The number of amides is 1. The molecule has 1 unspecified atom stereocenters. The fourth-order valence-corrected chi connectivity index (χ4v) is 2.30. The fourth-order valence-electron chi connectivity index (χ4n) is 2.30. The van der Waals surface area contributed by atoms with E-state index in [0.29, 0.717) is 5.90 Å². The van der Waals surface area contributed by atoms with Crippen molar-refractivity contribution in [2.45, 2.75) is 20.1 Å². The van der Waals surface area contributed by atoms with Crippen LogP contribution in [0, 0.1) is 6.92 Å². The van der Waals surface area contributed by atoms with E-state index in [1.54, 1.807) is 18.5 Å². The van der Waals surface area contributed by atoms with Gasteiger partial charge in [-0.05, 0) is 66.9 Å². The molecule has 3 rings (SSSR count). The first-order valence-electron chi connectivity index (χ1n) is 9.58. The number of aryl methyl sites for hydroxylation is 1. The Balaban J connectivity index is 0.000000382. The van der Waals surface area contributed by atoms with Crippen molar-refractivity contribution in [1.29, 1.82) is 0 Å². The Morgan fingerprint density at radius 3 is 2.03 bits per heavy atom. The van der Waals surface area contributed by atoms with E-state index >= 15 is 0 Å². The van der Waals surface area contributed by atoms with Crippen LogP contribution in [-0.4, -0.2) is 21.8 Å². The summed E-state index contributed by atoms with van der Waals surface area (Å²) >= 11 is 0. The van der Waals surface area contributed by atoms with Crippen LogP contribution < -0.4 is 0 Å². The van der Waals surface area contributed by atoms with E-state index in [0.717, 1.165) is 16.7 Å². The molecular weight excluding hydrogens is 410 g/mol. The molecule has 2 aromatic rings. The van der Waals surface area contributed by atoms with Crippen molar-refractivity contribution >= 4 is 11.8 Å². The van der Waals surface area contributed by atoms with Gasteiger partial charge in [-0.1, -0.05) is 48.4 Å². The molecule has 1 aliphatic heterocycles. The third-order valence-corrected chi connectivity index (χ3v) is 3.66. The lowest BCUT2D eigenvalue weighted by molar-refractivity contribution is -0.135. The minimum atomic E-state index is -0.562. The lowest BCUT2D eigenvalue weighted by atomic mass is 10.1. The maximum Gasteiger partial charge on any atom is 0.243 e. The molecule has 0 saturated heterocycles. The van der Waals surface area contributed by atoms with Gasteiger partial charge in [0.25, 0.3) is 0 Å². The lowest BCUT2D eigenvalue weighted by Crippen LogP contribution is -2.25. The minimum Gasteiger partial charge on any atom is -0.446 e. The first-order valence-corrected chi connectivity index (χ1v) is 9.58. The number of benzene rings is 1. The maximum absolute atomic E-state index is 11.8. The van der Waals surface area contributed by atoms with E-state index in [2.05, 4.69) is 82.3 Å². The number of aromatic nitrogens is 1. The van der Waals surface area contributed by atoms with Crippen LogP contribution in [-0.2, 0) is 9.53 Å². The highest BCUT2D eigenvalue weighted by Crippen LogP contribution is 2.29. The molecule has 0 aliphatic carbocycles. The molecule has 0 fully saturated rings. The summed E-state index contributed by atoms with van der Waals surface area (Å²) in [6.45, 7) is 16.3. The zero-order valence-electron chi connectivity index (χ0n) is 18.7. The quantitative estimate of drug-likeness (QED) is 0.590. The summed E-state index contributed by atoms with van der Waals surface area (Å²) in [7, 11) is 0.